The number of para-hydroxylation sites is 2. The summed E-state index contributed by atoms with van der Waals surface area (Å²) in [4.78, 5) is 3.18. The highest BCUT2D eigenvalue weighted by molar-refractivity contribution is 7.71. The van der Waals surface area contributed by atoms with Gasteiger partial charge in [0.05, 0.1) is 17.1 Å². The van der Waals surface area contributed by atoms with Crippen molar-refractivity contribution in [3.63, 3.8) is 0 Å². The summed E-state index contributed by atoms with van der Waals surface area (Å²) in [7, 11) is 0. The minimum absolute atomic E-state index is 0.0145. The molecule has 0 saturated heterocycles. The number of benzene rings is 2. The predicted molar refractivity (Wildman–Crippen MR) is 77.3 cm³/mol. The Morgan fingerprint density at radius 3 is 2.74 bits per heavy atom. The van der Waals surface area contributed by atoms with E-state index in [1.807, 2.05) is 41.8 Å². The first-order valence-electron chi connectivity index (χ1n) is 6.11. The largest absolute Gasteiger partial charge is 0.331 e. The van der Waals surface area contributed by atoms with Crippen LogP contribution in [0.3, 0.4) is 0 Å². The highest BCUT2D eigenvalue weighted by Crippen LogP contribution is 2.24. The number of aromatic nitrogens is 2. The van der Waals surface area contributed by atoms with Crippen LogP contribution in [-0.4, -0.2) is 9.55 Å². The van der Waals surface area contributed by atoms with Crippen molar-refractivity contribution in [2.24, 2.45) is 0 Å². The van der Waals surface area contributed by atoms with Crippen molar-refractivity contribution in [3.05, 3.63) is 64.7 Å². The van der Waals surface area contributed by atoms with Gasteiger partial charge in [-0.15, -0.1) is 0 Å². The molecule has 0 aliphatic carbocycles. The molecule has 0 radical (unpaired) electrons. The third kappa shape index (κ3) is 2.08. The van der Waals surface area contributed by atoms with Crippen molar-refractivity contribution >= 4 is 23.3 Å². The van der Waals surface area contributed by atoms with E-state index < -0.39 is 0 Å². The summed E-state index contributed by atoms with van der Waals surface area (Å²) in [5.74, 6) is -0.226. The predicted octanol–water partition coefficient (Wildman–Crippen LogP) is 4.45. The number of fused-ring (bicyclic) bond motifs is 1. The third-order valence-corrected chi connectivity index (χ3v) is 3.64. The van der Waals surface area contributed by atoms with Crippen molar-refractivity contribution in [2.75, 3.05) is 0 Å². The highest BCUT2D eigenvalue weighted by atomic mass is 32.1. The second kappa shape index (κ2) is 4.63. The molecule has 0 aliphatic heterocycles. The highest BCUT2D eigenvalue weighted by Gasteiger charge is 2.13. The number of rotatable bonds is 2. The SMILES string of the molecule is CC(c1cccc(F)c1)n1c(=S)[nH]c2ccccc21. The number of hydrogen-bond donors (Lipinski definition) is 1. The van der Waals surface area contributed by atoms with E-state index in [1.165, 1.54) is 6.07 Å². The molecule has 1 atom stereocenters. The van der Waals surface area contributed by atoms with Crippen LogP contribution in [0.5, 0.6) is 0 Å². The molecule has 19 heavy (non-hydrogen) atoms. The summed E-state index contributed by atoms with van der Waals surface area (Å²) in [6, 6.07) is 14.6. The molecule has 0 bridgehead atoms. The summed E-state index contributed by atoms with van der Waals surface area (Å²) in [6.07, 6.45) is 0. The molecule has 0 saturated carbocycles. The summed E-state index contributed by atoms with van der Waals surface area (Å²) >= 11 is 5.38. The summed E-state index contributed by atoms with van der Waals surface area (Å²) in [6.45, 7) is 2.02. The van der Waals surface area contributed by atoms with Crippen LogP contribution < -0.4 is 0 Å². The number of imidazole rings is 1. The molecular weight excluding hydrogens is 259 g/mol. The summed E-state index contributed by atoms with van der Waals surface area (Å²) in [5, 5.41) is 0. The Labute approximate surface area is 115 Å². The lowest BCUT2D eigenvalue weighted by Crippen LogP contribution is -2.07. The molecule has 96 valence electrons. The van der Waals surface area contributed by atoms with Crippen molar-refractivity contribution in [2.45, 2.75) is 13.0 Å². The molecule has 0 aliphatic rings. The molecule has 1 N–H and O–H groups in total. The summed E-state index contributed by atoms with van der Waals surface area (Å²) < 4.78 is 16.0. The van der Waals surface area contributed by atoms with Crippen molar-refractivity contribution in [1.82, 2.24) is 9.55 Å². The van der Waals surface area contributed by atoms with E-state index in [1.54, 1.807) is 12.1 Å². The zero-order valence-corrected chi connectivity index (χ0v) is 11.2. The summed E-state index contributed by atoms with van der Waals surface area (Å²) in [5.41, 5.74) is 2.93. The normalized spacial score (nSPS) is 12.7. The van der Waals surface area contributed by atoms with E-state index in [2.05, 4.69) is 4.98 Å². The first-order chi connectivity index (χ1) is 9.16. The molecule has 1 unspecified atom stereocenters. The minimum Gasteiger partial charge on any atom is -0.331 e. The van der Waals surface area contributed by atoms with Crippen molar-refractivity contribution in [3.8, 4) is 0 Å². The zero-order chi connectivity index (χ0) is 13.4. The van der Waals surface area contributed by atoms with Crippen LogP contribution in [0, 0.1) is 10.6 Å². The van der Waals surface area contributed by atoms with Gasteiger partial charge in [0, 0.05) is 0 Å². The minimum atomic E-state index is -0.226. The van der Waals surface area contributed by atoms with Gasteiger partial charge in [-0.1, -0.05) is 24.3 Å². The lowest BCUT2D eigenvalue weighted by Gasteiger charge is -2.15. The van der Waals surface area contributed by atoms with E-state index in [0.717, 1.165) is 16.6 Å². The van der Waals surface area contributed by atoms with Gasteiger partial charge >= 0.3 is 0 Å². The standard InChI is InChI=1S/C15H13FN2S/c1-10(11-5-4-6-12(16)9-11)18-14-8-3-2-7-13(14)17-15(18)19/h2-10H,1H3,(H,17,19). The topological polar surface area (TPSA) is 20.7 Å². The number of halogens is 1. The van der Waals surface area contributed by atoms with Gasteiger partial charge in [-0.2, -0.15) is 0 Å². The van der Waals surface area contributed by atoms with Crippen LogP contribution in [0.25, 0.3) is 11.0 Å². The Balaban J connectivity index is 2.19. The van der Waals surface area contributed by atoms with Gasteiger partial charge in [0.25, 0.3) is 0 Å². The third-order valence-electron chi connectivity index (χ3n) is 3.34. The average Bonchev–Trinajstić information content (AvgIpc) is 2.74. The maximum atomic E-state index is 13.3. The molecule has 0 fully saturated rings. The molecule has 1 heterocycles. The van der Waals surface area contributed by atoms with Crippen LogP contribution in [-0.2, 0) is 0 Å². The number of hydrogen-bond acceptors (Lipinski definition) is 1. The molecule has 1 aromatic heterocycles. The van der Waals surface area contributed by atoms with Gasteiger partial charge < -0.3 is 9.55 Å². The maximum Gasteiger partial charge on any atom is 0.178 e. The van der Waals surface area contributed by atoms with E-state index in [-0.39, 0.29) is 11.9 Å². The van der Waals surface area contributed by atoms with Gasteiger partial charge in [0.2, 0.25) is 0 Å². The van der Waals surface area contributed by atoms with Crippen molar-refractivity contribution < 1.29 is 4.39 Å². The average molecular weight is 272 g/mol. The van der Waals surface area contributed by atoms with Crippen LogP contribution in [0.4, 0.5) is 4.39 Å². The Morgan fingerprint density at radius 1 is 1.16 bits per heavy atom. The number of aromatic amines is 1. The molecule has 4 heteroatoms. The lowest BCUT2D eigenvalue weighted by molar-refractivity contribution is 0.608. The fraction of sp³-hybridized carbons (Fsp3) is 0.133. The van der Waals surface area contributed by atoms with Crippen LogP contribution in [0.1, 0.15) is 18.5 Å². The Kier molecular flexibility index (Phi) is 2.95. The Hall–Kier alpha value is -1.94. The van der Waals surface area contributed by atoms with E-state index >= 15 is 0 Å². The molecule has 3 aromatic rings. The van der Waals surface area contributed by atoms with Gasteiger partial charge in [-0.05, 0) is 49.0 Å². The molecule has 3 rings (SSSR count). The molecule has 2 nitrogen and oxygen atoms in total. The Bertz CT molecular complexity index is 788. The van der Waals surface area contributed by atoms with E-state index in [0.29, 0.717) is 4.77 Å². The van der Waals surface area contributed by atoms with Gasteiger partial charge in [0.1, 0.15) is 5.82 Å². The van der Waals surface area contributed by atoms with Crippen LogP contribution in [0.15, 0.2) is 48.5 Å². The van der Waals surface area contributed by atoms with Gasteiger partial charge in [-0.3, -0.25) is 0 Å². The van der Waals surface area contributed by atoms with Crippen molar-refractivity contribution in [1.29, 1.82) is 0 Å². The van der Waals surface area contributed by atoms with Gasteiger partial charge in [0.15, 0.2) is 4.77 Å². The lowest BCUT2D eigenvalue weighted by atomic mass is 10.1. The van der Waals surface area contributed by atoms with E-state index in [9.17, 15) is 4.39 Å². The molecular formula is C15H13FN2S. The second-order valence-corrected chi connectivity index (χ2v) is 4.93. The zero-order valence-electron chi connectivity index (χ0n) is 10.4. The second-order valence-electron chi connectivity index (χ2n) is 4.55. The van der Waals surface area contributed by atoms with Crippen LogP contribution >= 0.6 is 12.2 Å². The fourth-order valence-electron chi connectivity index (χ4n) is 2.37. The number of nitrogens with zero attached hydrogens (tertiary/aromatic N) is 1. The Morgan fingerprint density at radius 2 is 1.95 bits per heavy atom. The number of nitrogens with one attached hydrogen (secondary N) is 1. The maximum absolute atomic E-state index is 13.3. The van der Waals surface area contributed by atoms with Crippen LogP contribution in [0.2, 0.25) is 0 Å². The number of H-pyrrole nitrogens is 1. The van der Waals surface area contributed by atoms with E-state index in [4.69, 9.17) is 12.2 Å². The smallest absolute Gasteiger partial charge is 0.178 e. The first-order valence-corrected chi connectivity index (χ1v) is 6.52. The quantitative estimate of drug-likeness (QED) is 0.684. The molecule has 0 spiro atoms. The van der Waals surface area contributed by atoms with Gasteiger partial charge in [-0.25, -0.2) is 4.39 Å². The fourth-order valence-corrected chi connectivity index (χ4v) is 2.74. The molecule has 0 amide bonds. The first kappa shape index (κ1) is 12.1. The monoisotopic (exact) mass is 272 g/mol. The molecule has 2 aromatic carbocycles.